The third-order valence-electron chi connectivity index (χ3n) is 5.14. The van der Waals surface area contributed by atoms with Crippen LogP contribution >= 0.6 is 0 Å². The summed E-state index contributed by atoms with van der Waals surface area (Å²) in [7, 11) is 0. The van der Waals surface area contributed by atoms with Crippen LogP contribution in [0.4, 0.5) is 0 Å². The van der Waals surface area contributed by atoms with E-state index in [-0.39, 0.29) is 11.9 Å². The van der Waals surface area contributed by atoms with Gasteiger partial charge in [0, 0.05) is 31.0 Å². The SMILES string of the molecule is O=C(NC1CCC2CNNC2C1)C(c1ccccc1)n1cccn1. The minimum atomic E-state index is -0.423. The highest BCUT2D eigenvalue weighted by Gasteiger charge is 2.35. The zero-order valence-corrected chi connectivity index (χ0v) is 13.6. The number of rotatable bonds is 4. The summed E-state index contributed by atoms with van der Waals surface area (Å²) in [5, 5.41) is 7.54. The molecule has 126 valence electrons. The van der Waals surface area contributed by atoms with E-state index in [0.717, 1.165) is 31.4 Å². The predicted octanol–water partition coefficient (Wildman–Crippen LogP) is 1.23. The first-order valence-electron chi connectivity index (χ1n) is 8.64. The quantitative estimate of drug-likeness (QED) is 0.791. The average Bonchev–Trinajstić information content (AvgIpc) is 3.27. The average molecular weight is 325 g/mol. The fraction of sp³-hybridized carbons (Fsp3) is 0.444. The van der Waals surface area contributed by atoms with Crippen molar-refractivity contribution in [1.29, 1.82) is 0 Å². The first-order valence-corrected chi connectivity index (χ1v) is 8.64. The zero-order chi connectivity index (χ0) is 16.4. The molecule has 24 heavy (non-hydrogen) atoms. The van der Waals surface area contributed by atoms with Crippen molar-refractivity contribution >= 4 is 5.91 Å². The normalized spacial score (nSPS) is 27.4. The van der Waals surface area contributed by atoms with E-state index in [1.54, 1.807) is 10.9 Å². The van der Waals surface area contributed by atoms with Gasteiger partial charge in [-0.3, -0.25) is 20.3 Å². The molecular formula is C18H23N5O. The maximum absolute atomic E-state index is 13.0. The largest absolute Gasteiger partial charge is 0.351 e. The van der Waals surface area contributed by atoms with E-state index in [2.05, 4.69) is 21.3 Å². The summed E-state index contributed by atoms with van der Waals surface area (Å²) in [6.45, 7) is 1.03. The lowest BCUT2D eigenvalue weighted by molar-refractivity contribution is -0.124. The Hall–Kier alpha value is -2.18. The minimum Gasteiger partial charge on any atom is -0.351 e. The van der Waals surface area contributed by atoms with Gasteiger partial charge in [0.05, 0.1) is 0 Å². The molecule has 1 amide bonds. The third-order valence-corrected chi connectivity index (χ3v) is 5.14. The molecule has 0 spiro atoms. The lowest BCUT2D eigenvalue weighted by Gasteiger charge is -2.32. The number of fused-ring (bicyclic) bond motifs is 1. The van der Waals surface area contributed by atoms with Gasteiger partial charge in [0.1, 0.15) is 0 Å². The third kappa shape index (κ3) is 3.07. The topological polar surface area (TPSA) is 71.0 Å². The molecule has 1 saturated carbocycles. The summed E-state index contributed by atoms with van der Waals surface area (Å²) in [4.78, 5) is 13.0. The number of nitrogens with one attached hydrogen (secondary N) is 3. The molecule has 4 unspecified atom stereocenters. The standard InChI is InChI=1S/C18H23N5O/c24-18(21-15-8-7-14-12-19-22-16(14)11-15)17(23-10-4-9-20-23)13-5-2-1-3-6-13/h1-6,9-10,14-17,19,22H,7-8,11-12H2,(H,21,24). The van der Waals surface area contributed by atoms with Gasteiger partial charge in [-0.15, -0.1) is 0 Å². The van der Waals surface area contributed by atoms with Crippen molar-refractivity contribution in [1.82, 2.24) is 25.9 Å². The van der Waals surface area contributed by atoms with E-state index in [1.165, 1.54) is 0 Å². The fourth-order valence-corrected chi connectivity index (χ4v) is 3.88. The number of carbonyl (C=O) groups is 1. The number of nitrogens with zero attached hydrogens (tertiary/aromatic N) is 2. The van der Waals surface area contributed by atoms with Gasteiger partial charge in [0.25, 0.3) is 0 Å². The molecule has 1 aromatic carbocycles. The summed E-state index contributed by atoms with van der Waals surface area (Å²) in [6, 6.07) is 11.9. The maximum Gasteiger partial charge on any atom is 0.249 e. The summed E-state index contributed by atoms with van der Waals surface area (Å²) in [5.41, 5.74) is 7.52. The van der Waals surface area contributed by atoms with Crippen LogP contribution in [0.25, 0.3) is 0 Å². The van der Waals surface area contributed by atoms with E-state index < -0.39 is 6.04 Å². The van der Waals surface area contributed by atoms with Crippen LogP contribution in [0.2, 0.25) is 0 Å². The summed E-state index contributed by atoms with van der Waals surface area (Å²) in [6.07, 6.45) is 6.72. The second-order valence-electron chi connectivity index (χ2n) is 6.71. The first kappa shape index (κ1) is 15.4. The molecule has 4 rings (SSSR count). The molecule has 6 heteroatoms. The van der Waals surface area contributed by atoms with Gasteiger partial charge in [-0.05, 0) is 36.8 Å². The molecule has 0 bridgehead atoms. The summed E-state index contributed by atoms with van der Waals surface area (Å²) >= 11 is 0. The molecule has 4 atom stereocenters. The molecule has 6 nitrogen and oxygen atoms in total. The van der Waals surface area contributed by atoms with Crippen molar-refractivity contribution in [3.63, 3.8) is 0 Å². The minimum absolute atomic E-state index is 0.0132. The van der Waals surface area contributed by atoms with Gasteiger partial charge in [0.2, 0.25) is 5.91 Å². The molecule has 0 radical (unpaired) electrons. The van der Waals surface area contributed by atoms with Gasteiger partial charge in [-0.2, -0.15) is 5.10 Å². The van der Waals surface area contributed by atoms with Crippen LogP contribution in [0, 0.1) is 5.92 Å². The van der Waals surface area contributed by atoms with Crippen molar-refractivity contribution in [2.75, 3.05) is 6.54 Å². The number of hydrogen-bond acceptors (Lipinski definition) is 4. The molecule has 3 N–H and O–H groups in total. The Bertz CT molecular complexity index is 672. The highest BCUT2D eigenvalue weighted by molar-refractivity contribution is 5.83. The number of amides is 1. The Labute approximate surface area is 141 Å². The van der Waals surface area contributed by atoms with E-state index in [9.17, 15) is 4.79 Å². The number of aromatic nitrogens is 2. The van der Waals surface area contributed by atoms with E-state index in [1.807, 2.05) is 42.6 Å². The van der Waals surface area contributed by atoms with Crippen LogP contribution in [-0.2, 0) is 4.79 Å². The first-order chi connectivity index (χ1) is 11.8. The lowest BCUT2D eigenvalue weighted by Crippen LogP contribution is -2.47. The molecule has 2 fully saturated rings. The van der Waals surface area contributed by atoms with Gasteiger partial charge in [-0.1, -0.05) is 30.3 Å². The highest BCUT2D eigenvalue weighted by atomic mass is 16.2. The zero-order valence-electron chi connectivity index (χ0n) is 13.6. The van der Waals surface area contributed by atoms with Crippen molar-refractivity contribution in [2.45, 2.75) is 37.4 Å². The van der Waals surface area contributed by atoms with Crippen molar-refractivity contribution in [2.24, 2.45) is 5.92 Å². The molecule has 1 aromatic heterocycles. The Morgan fingerprint density at radius 2 is 2.12 bits per heavy atom. The molecule has 2 aliphatic rings. The maximum atomic E-state index is 13.0. The molecule has 2 aromatic rings. The van der Waals surface area contributed by atoms with Crippen molar-refractivity contribution < 1.29 is 4.79 Å². The number of benzene rings is 1. The van der Waals surface area contributed by atoms with Crippen LogP contribution in [0.1, 0.15) is 30.9 Å². The second-order valence-corrected chi connectivity index (χ2v) is 6.71. The Kier molecular flexibility index (Phi) is 4.32. The number of hydrazine groups is 1. The van der Waals surface area contributed by atoms with Gasteiger partial charge in [-0.25, -0.2) is 0 Å². The van der Waals surface area contributed by atoms with Crippen LogP contribution in [0.15, 0.2) is 48.8 Å². The fourth-order valence-electron chi connectivity index (χ4n) is 3.88. The van der Waals surface area contributed by atoms with Crippen molar-refractivity contribution in [3.05, 3.63) is 54.4 Å². The van der Waals surface area contributed by atoms with Crippen LogP contribution in [-0.4, -0.2) is 34.3 Å². The van der Waals surface area contributed by atoms with Gasteiger partial charge < -0.3 is 5.32 Å². The molecule has 2 heterocycles. The second kappa shape index (κ2) is 6.75. The molecule has 1 aliphatic carbocycles. The van der Waals surface area contributed by atoms with E-state index in [0.29, 0.717) is 12.0 Å². The monoisotopic (exact) mass is 325 g/mol. The number of carbonyl (C=O) groups excluding carboxylic acids is 1. The Balaban J connectivity index is 1.50. The Morgan fingerprint density at radius 1 is 1.25 bits per heavy atom. The van der Waals surface area contributed by atoms with Crippen LogP contribution in [0.3, 0.4) is 0 Å². The summed E-state index contributed by atoms with van der Waals surface area (Å²) < 4.78 is 1.73. The summed E-state index contributed by atoms with van der Waals surface area (Å²) in [5.74, 6) is 0.702. The molecule has 1 saturated heterocycles. The lowest BCUT2D eigenvalue weighted by atomic mass is 9.83. The Morgan fingerprint density at radius 3 is 2.92 bits per heavy atom. The molecular weight excluding hydrogens is 302 g/mol. The highest BCUT2D eigenvalue weighted by Crippen LogP contribution is 2.27. The smallest absolute Gasteiger partial charge is 0.249 e. The van der Waals surface area contributed by atoms with Gasteiger partial charge >= 0.3 is 0 Å². The molecule has 1 aliphatic heterocycles. The predicted molar refractivity (Wildman–Crippen MR) is 91.0 cm³/mol. The number of hydrogen-bond donors (Lipinski definition) is 3. The van der Waals surface area contributed by atoms with Gasteiger partial charge in [0.15, 0.2) is 6.04 Å². The van der Waals surface area contributed by atoms with Crippen LogP contribution in [0.5, 0.6) is 0 Å². The van der Waals surface area contributed by atoms with E-state index in [4.69, 9.17) is 0 Å². The van der Waals surface area contributed by atoms with Crippen molar-refractivity contribution in [3.8, 4) is 0 Å². The van der Waals surface area contributed by atoms with Crippen LogP contribution < -0.4 is 16.2 Å². The van der Waals surface area contributed by atoms with E-state index >= 15 is 0 Å².